The summed E-state index contributed by atoms with van der Waals surface area (Å²) in [7, 11) is 1.60. The first-order chi connectivity index (χ1) is 10.1. The van der Waals surface area contributed by atoms with Crippen LogP contribution >= 0.6 is 0 Å². The Morgan fingerprint density at radius 3 is 2.52 bits per heavy atom. The van der Waals surface area contributed by atoms with E-state index >= 15 is 0 Å². The smallest absolute Gasteiger partial charge is 0.132 e. The van der Waals surface area contributed by atoms with E-state index in [0.717, 1.165) is 23.4 Å². The normalized spacial score (nSPS) is 10.2. The number of nitrogens with zero attached hydrogens (tertiary/aromatic N) is 1. The average molecular weight is 288 g/mol. The minimum absolute atomic E-state index is 0.000188. The Labute approximate surface area is 121 Å². The Balaban J connectivity index is 2.13. The monoisotopic (exact) mass is 288 g/mol. The molecule has 0 amide bonds. The third-order valence-corrected chi connectivity index (χ3v) is 2.98. The van der Waals surface area contributed by atoms with E-state index in [2.05, 4.69) is 5.32 Å². The predicted octanol–water partition coefficient (Wildman–Crippen LogP) is 3.59. The summed E-state index contributed by atoms with van der Waals surface area (Å²) in [4.78, 5) is 0. The number of hydrogen-bond donors (Lipinski definition) is 1. The summed E-state index contributed by atoms with van der Waals surface area (Å²) >= 11 is 0. The highest BCUT2D eigenvalue weighted by molar-refractivity contribution is 5.46. The first-order valence-electron chi connectivity index (χ1n) is 6.34. The largest absolute Gasteiger partial charge is 0.381 e. The zero-order valence-corrected chi connectivity index (χ0v) is 11.5. The summed E-state index contributed by atoms with van der Waals surface area (Å²) in [5, 5.41) is 11.6. The van der Waals surface area contributed by atoms with Crippen molar-refractivity contribution in [3.05, 3.63) is 64.7 Å². The Kier molecular flexibility index (Phi) is 4.85. The van der Waals surface area contributed by atoms with Gasteiger partial charge in [0.2, 0.25) is 0 Å². The van der Waals surface area contributed by atoms with Gasteiger partial charge in [0, 0.05) is 24.9 Å². The average Bonchev–Trinajstić information content (AvgIpc) is 2.47. The fraction of sp³-hybridized carbons (Fsp3) is 0.188. The van der Waals surface area contributed by atoms with Crippen molar-refractivity contribution in [2.75, 3.05) is 12.4 Å². The molecule has 0 fully saturated rings. The fourth-order valence-corrected chi connectivity index (χ4v) is 1.96. The van der Waals surface area contributed by atoms with Crippen molar-refractivity contribution >= 4 is 5.69 Å². The number of rotatable bonds is 5. The van der Waals surface area contributed by atoms with Crippen molar-refractivity contribution in [1.82, 2.24) is 0 Å². The van der Waals surface area contributed by atoms with Crippen LogP contribution in [0.25, 0.3) is 0 Å². The standard InChI is InChI=1S/C16H14F2N2O/c1-21-10-11-3-2-4-13(5-11)20-9-14-15(17)6-12(8-19)7-16(14)18/h2-7,20H,9-10H2,1H3. The van der Waals surface area contributed by atoms with Crippen LogP contribution in [-0.4, -0.2) is 7.11 Å². The van der Waals surface area contributed by atoms with Crippen LogP contribution in [-0.2, 0) is 17.9 Å². The minimum Gasteiger partial charge on any atom is -0.381 e. The molecule has 0 aliphatic rings. The second-order valence-electron chi connectivity index (χ2n) is 4.52. The molecule has 0 saturated heterocycles. The zero-order valence-electron chi connectivity index (χ0n) is 11.5. The van der Waals surface area contributed by atoms with Crippen molar-refractivity contribution in [1.29, 1.82) is 5.26 Å². The van der Waals surface area contributed by atoms with Crippen molar-refractivity contribution in [2.45, 2.75) is 13.2 Å². The van der Waals surface area contributed by atoms with Crippen molar-refractivity contribution in [3.8, 4) is 6.07 Å². The number of methoxy groups -OCH3 is 1. The highest BCUT2D eigenvalue weighted by Gasteiger charge is 2.11. The molecule has 1 N–H and O–H groups in total. The van der Waals surface area contributed by atoms with Gasteiger partial charge < -0.3 is 10.1 Å². The number of nitriles is 1. The van der Waals surface area contributed by atoms with Gasteiger partial charge in [0.25, 0.3) is 0 Å². The molecule has 0 heterocycles. The molecule has 2 aromatic rings. The third kappa shape index (κ3) is 3.77. The molecule has 0 aliphatic heterocycles. The molecular weight excluding hydrogens is 274 g/mol. The highest BCUT2D eigenvalue weighted by atomic mass is 19.1. The van der Waals surface area contributed by atoms with Gasteiger partial charge >= 0.3 is 0 Å². The molecule has 0 unspecified atom stereocenters. The first-order valence-corrected chi connectivity index (χ1v) is 6.34. The first kappa shape index (κ1) is 14.9. The summed E-state index contributed by atoms with van der Waals surface area (Å²) < 4.78 is 32.5. The maximum atomic E-state index is 13.7. The molecule has 0 saturated carbocycles. The van der Waals surface area contributed by atoms with Gasteiger partial charge in [-0.15, -0.1) is 0 Å². The summed E-state index contributed by atoms with van der Waals surface area (Å²) in [5.74, 6) is -1.46. The van der Waals surface area contributed by atoms with E-state index in [9.17, 15) is 8.78 Å². The lowest BCUT2D eigenvalue weighted by Crippen LogP contribution is -2.05. The second kappa shape index (κ2) is 6.82. The van der Waals surface area contributed by atoms with Crippen LogP contribution < -0.4 is 5.32 Å². The van der Waals surface area contributed by atoms with E-state index < -0.39 is 11.6 Å². The number of nitrogens with one attached hydrogen (secondary N) is 1. The van der Waals surface area contributed by atoms with Crippen LogP contribution in [0.4, 0.5) is 14.5 Å². The van der Waals surface area contributed by atoms with Crippen LogP contribution in [0.1, 0.15) is 16.7 Å². The number of ether oxygens (including phenoxy) is 1. The van der Waals surface area contributed by atoms with Gasteiger partial charge in [0.15, 0.2) is 0 Å². The molecule has 0 aliphatic carbocycles. The van der Waals surface area contributed by atoms with Gasteiger partial charge in [-0.3, -0.25) is 0 Å². The Morgan fingerprint density at radius 1 is 1.19 bits per heavy atom. The molecule has 108 valence electrons. The van der Waals surface area contributed by atoms with Gasteiger partial charge in [-0.2, -0.15) is 5.26 Å². The molecule has 21 heavy (non-hydrogen) atoms. The fourth-order valence-electron chi connectivity index (χ4n) is 1.96. The van der Waals surface area contributed by atoms with Crippen molar-refractivity contribution in [3.63, 3.8) is 0 Å². The maximum Gasteiger partial charge on any atom is 0.132 e. The third-order valence-electron chi connectivity index (χ3n) is 2.98. The van der Waals surface area contributed by atoms with Crippen molar-refractivity contribution < 1.29 is 13.5 Å². The summed E-state index contributed by atoms with van der Waals surface area (Å²) in [5.41, 5.74) is 1.58. The molecule has 0 bridgehead atoms. The number of hydrogen-bond acceptors (Lipinski definition) is 3. The van der Waals surface area contributed by atoms with E-state index in [1.165, 1.54) is 0 Å². The number of anilines is 1. The van der Waals surface area contributed by atoms with Gasteiger partial charge in [0.05, 0.1) is 18.2 Å². The van der Waals surface area contributed by atoms with Crippen LogP contribution in [0.5, 0.6) is 0 Å². The molecule has 3 nitrogen and oxygen atoms in total. The van der Waals surface area contributed by atoms with Gasteiger partial charge in [-0.1, -0.05) is 12.1 Å². The van der Waals surface area contributed by atoms with Crippen LogP contribution in [0.2, 0.25) is 0 Å². The van der Waals surface area contributed by atoms with E-state index in [-0.39, 0.29) is 17.7 Å². The minimum atomic E-state index is -0.730. The van der Waals surface area contributed by atoms with Crippen LogP contribution in [0, 0.1) is 23.0 Å². The number of benzene rings is 2. The van der Waals surface area contributed by atoms with Crippen LogP contribution in [0.15, 0.2) is 36.4 Å². The SMILES string of the molecule is COCc1cccc(NCc2c(F)cc(C#N)cc2F)c1. The molecule has 0 atom stereocenters. The van der Waals surface area contributed by atoms with E-state index in [4.69, 9.17) is 10.00 Å². The Morgan fingerprint density at radius 2 is 1.90 bits per heavy atom. The number of halogens is 2. The summed E-state index contributed by atoms with van der Waals surface area (Å²) in [6, 6.07) is 11.2. The van der Waals surface area contributed by atoms with E-state index in [1.54, 1.807) is 19.2 Å². The lowest BCUT2D eigenvalue weighted by Gasteiger charge is -2.10. The van der Waals surface area contributed by atoms with E-state index in [1.807, 2.05) is 18.2 Å². The summed E-state index contributed by atoms with van der Waals surface area (Å²) in [6.07, 6.45) is 0. The lowest BCUT2D eigenvalue weighted by atomic mass is 10.1. The molecular formula is C16H14F2N2O. The summed E-state index contributed by atoms with van der Waals surface area (Å²) in [6.45, 7) is 0.467. The van der Waals surface area contributed by atoms with Crippen LogP contribution in [0.3, 0.4) is 0 Å². The Hall–Kier alpha value is -2.45. The molecule has 0 radical (unpaired) electrons. The molecule has 2 aromatic carbocycles. The molecule has 2 rings (SSSR count). The van der Waals surface area contributed by atoms with E-state index in [0.29, 0.717) is 6.61 Å². The van der Waals surface area contributed by atoms with Crippen molar-refractivity contribution in [2.24, 2.45) is 0 Å². The molecule has 5 heteroatoms. The highest BCUT2D eigenvalue weighted by Crippen LogP contribution is 2.18. The maximum absolute atomic E-state index is 13.7. The lowest BCUT2D eigenvalue weighted by molar-refractivity contribution is 0.185. The zero-order chi connectivity index (χ0) is 15.2. The quantitative estimate of drug-likeness (QED) is 0.914. The molecule has 0 spiro atoms. The van der Waals surface area contributed by atoms with Gasteiger partial charge in [0.1, 0.15) is 11.6 Å². The second-order valence-corrected chi connectivity index (χ2v) is 4.52. The van der Waals surface area contributed by atoms with Gasteiger partial charge in [-0.05, 0) is 29.8 Å². The topological polar surface area (TPSA) is 45.0 Å². The Bertz CT molecular complexity index is 657. The predicted molar refractivity (Wildman–Crippen MR) is 75.6 cm³/mol. The van der Waals surface area contributed by atoms with Gasteiger partial charge in [-0.25, -0.2) is 8.78 Å². The molecule has 0 aromatic heterocycles.